The molecule has 0 fully saturated rings. The van der Waals surface area contributed by atoms with Crippen molar-refractivity contribution in [3.05, 3.63) is 81.1 Å². The van der Waals surface area contributed by atoms with E-state index >= 15 is 0 Å². The fourth-order valence-electron chi connectivity index (χ4n) is 2.37. The molecule has 3 rings (SSSR count). The predicted molar refractivity (Wildman–Crippen MR) is 87.2 cm³/mol. The van der Waals surface area contributed by atoms with E-state index < -0.39 is 0 Å². The molecule has 0 amide bonds. The Morgan fingerprint density at radius 3 is 2.25 bits per heavy atom. The Morgan fingerprint density at radius 1 is 0.900 bits per heavy atom. The topological polar surface area (TPSA) is 0 Å². The van der Waals surface area contributed by atoms with Crippen LogP contribution in [0.1, 0.15) is 12.5 Å². The van der Waals surface area contributed by atoms with E-state index in [1.54, 1.807) is 0 Å². The van der Waals surface area contributed by atoms with Crippen LogP contribution in [0.3, 0.4) is 0 Å². The van der Waals surface area contributed by atoms with Crippen LogP contribution in [0.4, 0.5) is 0 Å². The Kier molecular flexibility index (Phi) is 7.82. The van der Waals surface area contributed by atoms with Gasteiger partial charge in [-0.1, -0.05) is 48.9 Å². The number of benzene rings is 2. The molecule has 20 heavy (non-hydrogen) atoms. The Bertz CT molecular complexity index is 635. The molecule has 0 N–H and O–H groups in total. The van der Waals surface area contributed by atoms with Crippen LogP contribution in [0.25, 0.3) is 21.9 Å². The van der Waals surface area contributed by atoms with Gasteiger partial charge in [0.1, 0.15) is 0 Å². The zero-order chi connectivity index (χ0) is 11.7. The Labute approximate surface area is 142 Å². The summed E-state index contributed by atoms with van der Waals surface area (Å²) in [6.45, 7) is 2.20. The minimum absolute atomic E-state index is 0. The largest absolute Gasteiger partial charge is 0.358 e. The molecule has 0 aromatic heterocycles. The second kappa shape index (κ2) is 8.26. The first-order chi connectivity index (χ1) is 8.38. The molecule has 0 aliphatic heterocycles. The molecule has 0 atom stereocenters. The van der Waals surface area contributed by atoms with Gasteiger partial charge < -0.3 is 14.9 Å². The molecule has 0 nitrogen and oxygen atoms in total. The number of aryl methyl sites for hydroxylation is 1. The molecule has 0 radical (unpaired) electrons. The smallest absolute Gasteiger partial charge is 0 e. The van der Waals surface area contributed by atoms with Gasteiger partial charge in [0, 0.05) is 25.8 Å². The van der Waals surface area contributed by atoms with Crippen molar-refractivity contribution in [1.82, 2.24) is 0 Å². The zero-order valence-corrected chi connectivity index (χ0v) is 16.1. The van der Waals surface area contributed by atoms with Gasteiger partial charge in [-0.15, -0.1) is 34.5 Å². The van der Waals surface area contributed by atoms with E-state index in [-0.39, 0.29) is 40.7 Å². The minimum atomic E-state index is 0. The van der Waals surface area contributed by atoms with Gasteiger partial charge in [-0.3, -0.25) is 0 Å². The minimum Gasteiger partial charge on any atom is -0.358 e. The molecule has 0 aliphatic rings. The standard InChI is InChI=1S/C17H15.2CH3.Hf/c1-2-13-11-15-9-6-10-16(17(15)12-13)14-7-4-3-5-8-14;;;/h3-12H,2H2,1H3;2*1H3;/q3*-1;. The first-order valence-corrected chi connectivity index (χ1v) is 6.12. The summed E-state index contributed by atoms with van der Waals surface area (Å²) in [4.78, 5) is 0. The van der Waals surface area contributed by atoms with Crippen LogP contribution < -0.4 is 0 Å². The first kappa shape index (κ1) is 18.9. The van der Waals surface area contributed by atoms with Gasteiger partial charge in [-0.05, 0) is 12.0 Å². The molecule has 0 unspecified atom stereocenters. The quantitative estimate of drug-likeness (QED) is 0.364. The van der Waals surface area contributed by atoms with E-state index in [0.717, 1.165) is 6.42 Å². The summed E-state index contributed by atoms with van der Waals surface area (Å²) < 4.78 is 0. The van der Waals surface area contributed by atoms with Crippen LogP contribution in [-0.4, -0.2) is 0 Å². The maximum Gasteiger partial charge on any atom is 0 e. The molecular weight excluding hydrogens is 407 g/mol. The van der Waals surface area contributed by atoms with Gasteiger partial charge in [0.2, 0.25) is 0 Å². The number of hydrogen-bond acceptors (Lipinski definition) is 0. The van der Waals surface area contributed by atoms with Gasteiger partial charge in [0.05, 0.1) is 0 Å². The van der Waals surface area contributed by atoms with Crippen molar-refractivity contribution < 1.29 is 25.8 Å². The molecule has 104 valence electrons. The fourth-order valence-corrected chi connectivity index (χ4v) is 2.37. The molecular formula is C19H21Hf-3. The summed E-state index contributed by atoms with van der Waals surface area (Å²) in [5, 5.41) is 2.72. The van der Waals surface area contributed by atoms with Crippen molar-refractivity contribution in [3.8, 4) is 11.1 Å². The van der Waals surface area contributed by atoms with Crippen molar-refractivity contribution in [2.45, 2.75) is 13.3 Å². The van der Waals surface area contributed by atoms with Crippen LogP contribution in [0, 0.1) is 14.9 Å². The van der Waals surface area contributed by atoms with Crippen molar-refractivity contribution in [3.63, 3.8) is 0 Å². The third-order valence-electron chi connectivity index (χ3n) is 3.30. The molecule has 1 heteroatoms. The number of rotatable bonds is 2. The van der Waals surface area contributed by atoms with E-state index in [1.807, 2.05) is 0 Å². The average molecular weight is 428 g/mol. The summed E-state index contributed by atoms with van der Waals surface area (Å²) >= 11 is 0. The van der Waals surface area contributed by atoms with E-state index in [0.29, 0.717) is 0 Å². The van der Waals surface area contributed by atoms with Crippen LogP contribution >= 0.6 is 0 Å². The second-order valence-corrected chi connectivity index (χ2v) is 4.39. The molecule has 0 aliphatic carbocycles. The summed E-state index contributed by atoms with van der Waals surface area (Å²) in [5.74, 6) is 0. The van der Waals surface area contributed by atoms with Crippen molar-refractivity contribution in [2.75, 3.05) is 0 Å². The van der Waals surface area contributed by atoms with Crippen molar-refractivity contribution in [1.29, 1.82) is 0 Å². The van der Waals surface area contributed by atoms with Crippen molar-refractivity contribution >= 4 is 10.8 Å². The predicted octanol–water partition coefficient (Wildman–Crippen LogP) is 5.69. The molecule has 3 aromatic carbocycles. The Morgan fingerprint density at radius 2 is 1.60 bits per heavy atom. The van der Waals surface area contributed by atoms with Crippen molar-refractivity contribution in [2.24, 2.45) is 0 Å². The van der Waals surface area contributed by atoms with E-state index in [1.165, 1.54) is 27.5 Å². The number of fused-ring (bicyclic) bond motifs is 1. The molecule has 0 heterocycles. The fraction of sp³-hybridized carbons (Fsp3) is 0.105. The van der Waals surface area contributed by atoms with Gasteiger partial charge in [0.15, 0.2) is 0 Å². The molecule has 0 saturated heterocycles. The van der Waals surface area contributed by atoms with Gasteiger partial charge in [-0.2, -0.15) is 6.07 Å². The first-order valence-electron chi connectivity index (χ1n) is 6.12. The van der Waals surface area contributed by atoms with Gasteiger partial charge >= 0.3 is 0 Å². The second-order valence-electron chi connectivity index (χ2n) is 4.39. The average Bonchev–Trinajstić information content (AvgIpc) is 2.82. The Hall–Kier alpha value is -1.08. The summed E-state index contributed by atoms with van der Waals surface area (Å²) in [6, 6.07) is 21.8. The molecule has 0 saturated carbocycles. The summed E-state index contributed by atoms with van der Waals surface area (Å²) in [6.07, 6.45) is 1.10. The summed E-state index contributed by atoms with van der Waals surface area (Å²) in [5.41, 5.74) is 4.05. The van der Waals surface area contributed by atoms with Crippen LogP contribution in [0.15, 0.2) is 60.7 Å². The van der Waals surface area contributed by atoms with E-state index in [4.69, 9.17) is 0 Å². The normalized spacial score (nSPS) is 9.25. The van der Waals surface area contributed by atoms with E-state index in [9.17, 15) is 0 Å². The van der Waals surface area contributed by atoms with Gasteiger partial charge in [0.25, 0.3) is 0 Å². The maximum atomic E-state index is 2.32. The van der Waals surface area contributed by atoms with Crippen LogP contribution in [0.2, 0.25) is 0 Å². The third-order valence-corrected chi connectivity index (χ3v) is 3.30. The third kappa shape index (κ3) is 3.52. The zero-order valence-electron chi connectivity index (χ0n) is 12.5. The molecule has 3 aromatic rings. The molecule has 0 spiro atoms. The Balaban J connectivity index is 0.00000120. The maximum absolute atomic E-state index is 2.32. The van der Waals surface area contributed by atoms with Crippen LogP contribution in [0.5, 0.6) is 0 Å². The SMILES string of the molecule is CCc1cc2c(-c3ccccc3)cccc2[cH-]1.[CH3-].[CH3-].[Hf]. The van der Waals surface area contributed by atoms with E-state index in [2.05, 4.69) is 67.6 Å². The molecule has 0 bridgehead atoms. The monoisotopic (exact) mass is 429 g/mol. The number of hydrogen-bond donors (Lipinski definition) is 0. The van der Waals surface area contributed by atoms with Crippen LogP contribution in [-0.2, 0) is 32.3 Å². The summed E-state index contributed by atoms with van der Waals surface area (Å²) in [7, 11) is 0. The van der Waals surface area contributed by atoms with Gasteiger partial charge in [-0.25, -0.2) is 0 Å².